The molecule has 3 heteroatoms. The molecular formula is C22H26N2O. The van der Waals surface area contributed by atoms with Crippen molar-refractivity contribution in [1.82, 2.24) is 9.80 Å². The van der Waals surface area contributed by atoms with Gasteiger partial charge in [0.1, 0.15) is 0 Å². The lowest BCUT2D eigenvalue weighted by molar-refractivity contribution is 0.0605. The van der Waals surface area contributed by atoms with Gasteiger partial charge in [-0.25, -0.2) is 0 Å². The fraction of sp³-hybridized carbons (Fsp3) is 0.364. The molecule has 1 aliphatic heterocycles. The standard InChI is InChI=1S/C22H26N2O/c25-17-13-22-19-23(14-7-12-20-8-3-1-4-9-20)15-16-24(22)18-21-10-5-2-6-11-21/h1-6,8-11,22,25H,13-19H2/t22-/m0/s1. The Kier molecular flexibility index (Phi) is 6.64. The average molecular weight is 334 g/mol. The predicted octanol–water partition coefficient (Wildman–Crippen LogP) is 2.61. The van der Waals surface area contributed by atoms with Crippen LogP contribution in [0.4, 0.5) is 0 Å². The summed E-state index contributed by atoms with van der Waals surface area (Å²) in [4.78, 5) is 4.89. The van der Waals surface area contributed by atoms with E-state index >= 15 is 0 Å². The van der Waals surface area contributed by atoms with Crippen LogP contribution >= 0.6 is 0 Å². The summed E-state index contributed by atoms with van der Waals surface area (Å²) in [5.41, 5.74) is 2.40. The van der Waals surface area contributed by atoms with Crippen LogP contribution in [-0.2, 0) is 6.54 Å². The molecule has 25 heavy (non-hydrogen) atoms. The van der Waals surface area contributed by atoms with Crippen molar-refractivity contribution in [2.45, 2.75) is 19.0 Å². The normalized spacial score (nSPS) is 18.5. The highest BCUT2D eigenvalue weighted by molar-refractivity contribution is 5.33. The fourth-order valence-corrected chi connectivity index (χ4v) is 3.32. The third kappa shape index (κ3) is 5.44. The Bertz CT molecular complexity index is 690. The van der Waals surface area contributed by atoms with E-state index in [2.05, 4.69) is 52.0 Å². The summed E-state index contributed by atoms with van der Waals surface area (Å²) >= 11 is 0. The topological polar surface area (TPSA) is 26.7 Å². The van der Waals surface area contributed by atoms with Crippen molar-refractivity contribution in [3.8, 4) is 11.8 Å². The van der Waals surface area contributed by atoms with Gasteiger partial charge in [0.25, 0.3) is 0 Å². The summed E-state index contributed by atoms with van der Waals surface area (Å²) in [6, 6.07) is 21.1. The fourth-order valence-electron chi connectivity index (χ4n) is 3.32. The number of nitrogens with zero attached hydrogens (tertiary/aromatic N) is 2. The van der Waals surface area contributed by atoms with E-state index in [9.17, 15) is 5.11 Å². The highest BCUT2D eigenvalue weighted by atomic mass is 16.3. The van der Waals surface area contributed by atoms with E-state index < -0.39 is 0 Å². The number of hydrogen-bond donors (Lipinski definition) is 1. The first-order valence-corrected chi connectivity index (χ1v) is 9.00. The molecule has 0 aliphatic carbocycles. The maximum Gasteiger partial charge on any atom is 0.0606 e. The molecule has 130 valence electrons. The van der Waals surface area contributed by atoms with Crippen molar-refractivity contribution >= 4 is 0 Å². The smallest absolute Gasteiger partial charge is 0.0606 e. The monoisotopic (exact) mass is 334 g/mol. The van der Waals surface area contributed by atoms with Crippen molar-refractivity contribution in [3.05, 3.63) is 71.8 Å². The molecule has 1 saturated heterocycles. The van der Waals surface area contributed by atoms with Crippen molar-refractivity contribution in [2.75, 3.05) is 32.8 Å². The highest BCUT2D eigenvalue weighted by Crippen LogP contribution is 2.16. The zero-order chi connectivity index (χ0) is 17.3. The number of hydrogen-bond acceptors (Lipinski definition) is 3. The summed E-state index contributed by atoms with van der Waals surface area (Å²) in [6.45, 7) is 4.99. The van der Waals surface area contributed by atoms with Crippen molar-refractivity contribution in [3.63, 3.8) is 0 Å². The van der Waals surface area contributed by atoms with Gasteiger partial charge in [-0.15, -0.1) is 0 Å². The molecule has 1 aliphatic rings. The van der Waals surface area contributed by atoms with E-state index in [1.54, 1.807) is 0 Å². The van der Waals surface area contributed by atoms with Gasteiger partial charge >= 0.3 is 0 Å². The Morgan fingerprint density at radius 2 is 1.68 bits per heavy atom. The molecule has 3 rings (SSSR count). The first-order valence-electron chi connectivity index (χ1n) is 9.00. The second-order valence-electron chi connectivity index (χ2n) is 6.53. The second-order valence-corrected chi connectivity index (χ2v) is 6.53. The van der Waals surface area contributed by atoms with Gasteiger partial charge < -0.3 is 5.11 Å². The van der Waals surface area contributed by atoms with Crippen LogP contribution in [0.15, 0.2) is 60.7 Å². The first kappa shape index (κ1) is 17.7. The van der Waals surface area contributed by atoms with E-state index in [0.717, 1.165) is 44.7 Å². The molecule has 0 amide bonds. The van der Waals surface area contributed by atoms with Gasteiger partial charge in [-0.1, -0.05) is 60.4 Å². The molecule has 1 atom stereocenters. The van der Waals surface area contributed by atoms with Crippen LogP contribution in [0.5, 0.6) is 0 Å². The minimum absolute atomic E-state index is 0.236. The van der Waals surface area contributed by atoms with Crippen LogP contribution in [-0.4, -0.2) is 53.7 Å². The van der Waals surface area contributed by atoms with E-state index in [1.807, 2.05) is 30.3 Å². The molecule has 1 N–H and O–H groups in total. The molecule has 0 unspecified atom stereocenters. The highest BCUT2D eigenvalue weighted by Gasteiger charge is 2.26. The number of aliphatic hydroxyl groups is 1. The molecule has 0 aromatic heterocycles. The van der Waals surface area contributed by atoms with Gasteiger partial charge in [0, 0.05) is 44.4 Å². The quantitative estimate of drug-likeness (QED) is 0.852. The van der Waals surface area contributed by atoms with Crippen molar-refractivity contribution < 1.29 is 5.11 Å². The third-order valence-electron chi connectivity index (χ3n) is 4.69. The Morgan fingerprint density at radius 1 is 0.960 bits per heavy atom. The molecule has 0 spiro atoms. The lowest BCUT2D eigenvalue weighted by Crippen LogP contribution is -2.52. The number of aliphatic hydroxyl groups excluding tert-OH is 1. The molecular weight excluding hydrogens is 308 g/mol. The van der Waals surface area contributed by atoms with Crippen molar-refractivity contribution in [2.24, 2.45) is 0 Å². The molecule has 2 aromatic rings. The second kappa shape index (κ2) is 9.39. The minimum Gasteiger partial charge on any atom is -0.396 e. The predicted molar refractivity (Wildman–Crippen MR) is 102 cm³/mol. The van der Waals surface area contributed by atoms with Crippen LogP contribution in [0.2, 0.25) is 0 Å². The molecule has 0 saturated carbocycles. The van der Waals surface area contributed by atoms with Gasteiger partial charge in [-0.3, -0.25) is 9.80 Å². The number of piperazine rings is 1. The summed E-state index contributed by atoms with van der Waals surface area (Å²) in [5, 5.41) is 9.44. The van der Waals surface area contributed by atoms with Gasteiger partial charge in [0.2, 0.25) is 0 Å². The van der Waals surface area contributed by atoms with E-state index in [-0.39, 0.29) is 6.61 Å². The Morgan fingerprint density at radius 3 is 2.40 bits per heavy atom. The average Bonchev–Trinajstić information content (AvgIpc) is 2.66. The Hall–Kier alpha value is -2.12. The molecule has 0 bridgehead atoms. The third-order valence-corrected chi connectivity index (χ3v) is 4.69. The Labute approximate surface area is 150 Å². The van der Waals surface area contributed by atoms with Gasteiger partial charge in [-0.2, -0.15) is 0 Å². The summed E-state index contributed by atoms with van der Waals surface area (Å²) in [7, 11) is 0. The largest absolute Gasteiger partial charge is 0.396 e. The minimum atomic E-state index is 0.236. The molecule has 3 nitrogen and oxygen atoms in total. The van der Waals surface area contributed by atoms with E-state index in [1.165, 1.54) is 5.56 Å². The molecule has 1 fully saturated rings. The van der Waals surface area contributed by atoms with Gasteiger partial charge in [-0.05, 0) is 24.1 Å². The lowest BCUT2D eigenvalue weighted by Gasteiger charge is -2.40. The van der Waals surface area contributed by atoms with Crippen LogP contribution in [0.1, 0.15) is 17.5 Å². The van der Waals surface area contributed by atoms with Crippen molar-refractivity contribution in [1.29, 1.82) is 0 Å². The Balaban J connectivity index is 1.56. The van der Waals surface area contributed by atoms with Crippen LogP contribution in [0.3, 0.4) is 0 Å². The molecule has 0 radical (unpaired) electrons. The number of benzene rings is 2. The van der Waals surface area contributed by atoms with Crippen LogP contribution in [0, 0.1) is 11.8 Å². The molecule has 1 heterocycles. The zero-order valence-corrected chi connectivity index (χ0v) is 14.6. The lowest BCUT2D eigenvalue weighted by atomic mass is 10.1. The van der Waals surface area contributed by atoms with E-state index in [4.69, 9.17) is 0 Å². The maximum absolute atomic E-state index is 9.44. The van der Waals surface area contributed by atoms with E-state index in [0.29, 0.717) is 6.04 Å². The van der Waals surface area contributed by atoms with Gasteiger partial charge in [0.05, 0.1) is 6.54 Å². The summed E-state index contributed by atoms with van der Waals surface area (Å²) in [6.07, 6.45) is 0.815. The SMILES string of the molecule is OCC[C@H]1CN(CC#Cc2ccccc2)CCN1Cc1ccccc1. The van der Waals surface area contributed by atoms with Crippen LogP contribution in [0.25, 0.3) is 0 Å². The number of rotatable bonds is 5. The molecule has 2 aromatic carbocycles. The van der Waals surface area contributed by atoms with Gasteiger partial charge in [0.15, 0.2) is 0 Å². The summed E-state index contributed by atoms with van der Waals surface area (Å²) < 4.78 is 0. The zero-order valence-electron chi connectivity index (χ0n) is 14.6. The maximum atomic E-state index is 9.44. The first-order chi connectivity index (χ1) is 12.3. The van der Waals surface area contributed by atoms with Crippen LogP contribution < -0.4 is 0 Å². The summed E-state index contributed by atoms with van der Waals surface area (Å²) in [5.74, 6) is 6.53.